The molecular formula is C96H74F8N18O9. The van der Waals surface area contributed by atoms with Gasteiger partial charge in [-0.2, -0.15) is 20.7 Å². The van der Waals surface area contributed by atoms with Crippen molar-refractivity contribution in [3.8, 4) is 108 Å². The van der Waals surface area contributed by atoms with E-state index in [1.165, 1.54) is 109 Å². The summed E-state index contributed by atoms with van der Waals surface area (Å²) in [5.41, 5.74) is 11.3. The van der Waals surface area contributed by atoms with Crippen LogP contribution in [0.3, 0.4) is 0 Å². The zero-order valence-electron chi connectivity index (χ0n) is 70.9. The van der Waals surface area contributed by atoms with Crippen LogP contribution >= 0.6 is 0 Å². The largest absolute Gasteiger partial charge is 0.493 e. The van der Waals surface area contributed by atoms with Gasteiger partial charge in [-0.25, -0.2) is 54.5 Å². The monoisotopic (exact) mass is 1770 g/mol. The van der Waals surface area contributed by atoms with E-state index in [4.69, 9.17) is 32.3 Å². The summed E-state index contributed by atoms with van der Waals surface area (Å²) in [6, 6.07) is 34.3. The number of aryl methyl sites for hydroxylation is 2. The molecule has 0 unspecified atom stereocenters. The molecule has 0 spiro atoms. The van der Waals surface area contributed by atoms with E-state index in [0.29, 0.717) is 62.5 Å². The van der Waals surface area contributed by atoms with E-state index >= 15 is 22.0 Å². The summed E-state index contributed by atoms with van der Waals surface area (Å²) in [7, 11) is 4.73. The molecule has 35 heteroatoms. The van der Waals surface area contributed by atoms with E-state index < -0.39 is 103 Å². The molecule has 0 saturated carbocycles. The Kier molecular flexibility index (Phi) is 26.9. The first kappa shape index (κ1) is 91.3. The molecule has 0 atom stereocenters. The summed E-state index contributed by atoms with van der Waals surface area (Å²) < 4.78 is 141. The molecule has 0 aliphatic rings. The van der Waals surface area contributed by atoms with Crippen LogP contribution in [0.15, 0.2) is 228 Å². The highest BCUT2D eigenvalue weighted by molar-refractivity contribution is 6.07. The zero-order valence-corrected chi connectivity index (χ0v) is 70.9. The third-order valence-corrected chi connectivity index (χ3v) is 20.6. The van der Waals surface area contributed by atoms with Crippen LogP contribution in [0.25, 0.3) is 93.8 Å². The Labute approximate surface area is 740 Å². The van der Waals surface area contributed by atoms with E-state index in [-0.39, 0.29) is 114 Å². The molecule has 7 N–H and O–H groups in total. The number of halogens is 8. The van der Waals surface area contributed by atoms with Gasteiger partial charge in [0.25, 0.3) is 17.7 Å². The van der Waals surface area contributed by atoms with Crippen LogP contribution in [0, 0.1) is 75.8 Å². The Morgan fingerprint density at radius 3 is 1.44 bits per heavy atom. The minimum Gasteiger partial charge on any atom is -0.493 e. The Bertz CT molecular complexity index is 7440. The number of ether oxygens (including phenoxy) is 3. The van der Waals surface area contributed by atoms with Gasteiger partial charge in [0.15, 0.2) is 23.1 Å². The molecule has 15 rings (SSSR count). The summed E-state index contributed by atoms with van der Waals surface area (Å²) in [6.45, 7) is 22.6. The molecule has 0 saturated heterocycles. The first-order valence-electron chi connectivity index (χ1n) is 39.6. The third kappa shape index (κ3) is 19.2. The lowest BCUT2D eigenvalue weighted by Crippen LogP contribution is -2.29. The van der Waals surface area contributed by atoms with Gasteiger partial charge in [0.2, 0.25) is 16.7 Å². The summed E-state index contributed by atoms with van der Waals surface area (Å²) in [6.07, 6.45) is 13.6. The number of hydrogen-bond donors (Lipinski definition) is 5. The standard InChI is InChI=1S/C33H24F2N4O5.C32H26F3N7O2.C31H24F3N7O2/c1-18(2)22-15-24(33(41)39(31(22)36-3)21-9-6-19(34)7-10-21)32(40)38-20-8-11-28(25(35)14-20)44-27-12-13-37-26-17-30(43-5)29(42-4)16-23(26)27;1-4-41-15-20(14-39-41)19-9-23(31(37)38-13-19)22-10-26(35)27(11-25(22)34)40-32(44)24-16-42(17(2)3)28(12-36)29(30(24)43)18-5-7-21(33)8-6-18;1-16(2)41-15-23(29(42)28(27(41)11-35)17-4-6-20(32)7-5-17)31(43)39-26-10-24(33)21(9-25(26)34)22-8-18(12-37-30(22)36)19-13-38-40(3)14-19/h6-17H,1H2,2,4-5H3,(H,38,40);5-11,13-17H,4H2,1-3H3,(H2,37,38)(H,40,44);4-10,12-16H,1-3H3,(H2,36,37)(H,39,43). The molecule has 0 bridgehead atoms. The number of aromatic nitrogens is 10. The molecule has 8 heterocycles. The number of carbonyl (C=O) groups is 3. The Morgan fingerprint density at radius 1 is 0.511 bits per heavy atom. The van der Waals surface area contributed by atoms with Crippen molar-refractivity contribution in [3.05, 3.63) is 336 Å². The number of nitrogens with two attached hydrogens (primary N) is 2. The van der Waals surface area contributed by atoms with Crippen LogP contribution in [0.1, 0.15) is 102 Å². The number of fused-ring (bicyclic) bond motifs is 1. The Hall–Kier alpha value is -17.4. The minimum absolute atomic E-state index is 0.0353. The molecule has 0 fully saturated rings. The average Bonchev–Trinajstić information content (AvgIpc) is 1.45. The van der Waals surface area contributed by atoms with Crippen molar-refractivity contribution in [1.82, 2.24) is 48.2 Å². The molecule has 15 aromatic rings. The van der Waals surface area contributed by atoms with E-state index in [9.17, 15) is 52.5 Å². The topological polar surface area (TPSA) is 359 Å². The van der Waals surface area contributed by atoms with Gasteiger partial charge in [-0.3, -0.25) is 38.3 Å². The second-order valence-electron chi connectivity index (χ2n) is 29.8. The lowest BCUT2D eigenvalue weighted by atomic mass is 9.99. The summed E-state index contributed by atoms with van der Waals surface area (Å²) >= 11 is 0. The second kappa shape index (κ2) is 38.6. The minimum atomic E-state index is -1.03. The van der Waals surface area contributed by atoms with Gasteiger partial charge < -0.3 is 55.6 Å². The number of nitrogens with zero attached hydrogens (tertiary/aromatic N) is 13. The van der Waals surface area contributed by atoms with Crippen LogP contribution in [0.5, 0.6) is 23.0 Å². The smallest absolute Gasteiger partial charge is 0.336 e. The van der Waals surface area contributed by atoms with E-state index in [1.54, 1.807) is 106 Å². The van der Waals surface area contributed by atoms with E-state index in [2.05, 4.69) is 52.5 Å². The van der Waals surface area contributed by atoms with Gasteiger partial charge >= 0.3 is 5.56 Å². The van der Waals surface area contributed by atoms with Crippen molar-refractivity contribution in [2.75, 3.05) is 41.6 Å². The molecule has 7 aromatic carbocycles. The number of hydrogen-bond acceptors (Lipinski definition) is 18. The maximum Gasteiger partial charge on any atom is 0.336 e. The molecule has 131 heavy (non-hydrogen) atoms. The highest BCUT2D eigenvalue weighted by Gasteiger charge is 2.30. The molecule has 0 aliphatic carbocycles. The van der Waals surface area contributed by atoms with Crippen LogP contribution in [-0.4, -0.2) is 80.2 Å². The van der Waals surface area contributed by atoms with E-state index in [0.717, 1.165) is 71.3 Å². The molecular weight excluding hydrogens is 1700 g/mol. The van der Waals surface area contributed by atoms with Gasteiger partial charge in [-0.15, -0.1) is 0 Å². The van der Waals surface area contributed by atoms with Crippen molar-refractivity contribution in [1.29, 1.82) is 10.5 Å². The first-order chi connectivity index (χ1) is 62.6. The van der Waals surface area contributed by atoms with Crippen molar-refractivity contribution in [3.63, 3.8) is 0 Å². The average molecular weight is 1780 g/mol. The predicted molar refractivity (Wildman–Crippen MR) is 478 cm³/mol. The molecule has 0 radical (unpaired) electrons. The van der Waals surface area contributed by atoms with Crippen molar-refractivity contribution < 1.29 is 63.7 Å². The highest BCUT2D eigenvalue weighted by Crippen LogP contribution is 2.41. The number of carbonyl (C=O) groups excluding carboxylic acids is 3. The first-order valence-corrected chi connectivity index (χ1v) is 39.6. The van der Waals surface area contributed by atoms with Crippen LogP contribution in [0.4, 0.5) is 69.6 Å². The molecule has 658 valence electrons. The number of anilines is 5. The lowest BCUT2D eigenvalue weighted by molar-refractivity contribution is 0.101. The van der Waals surface area contributed by atoms with Gasteiger partial charge in [0, 0.05) is 154 Å². The third-order valence-electron chi connectivity index (χ3n) is 20.6. The number of amides is 3. The SMILES string of the molecule is CC(C)n1cc(C(=O)Nc2cc(F)c(-c3cc(-c4cnn(C)c4)cnc3N)cc2F)c(=O)c(-c2ccc(F)cc2)c1C#N.CCn1cc(-c2cnc(N)c(-c3cc(F)c(NC(=O)c4cn(C(C)C)c(C#N)c(-c5ccc(F)cc5)c4=O)cc3F)c2)cn1.[C-]#[N+]c1c(C(=C)C)cc(C(=O)Nc2ccc(Oc3ccnc4cc(OC)c(OC)cc34)c(F)c2)c(=O)n1-c1ccc(F)cc1. The second-order valence-corrected chi connectivity index (χ2v) is 29.8. The van der Waals surface area contributed by atoms with Crippen molar-refractivity contribution in [2.45, 2.75) is 60.2 Å². The number of nitrogens with one attached hydrogen (secondary N) is 3. The van der Waals surface area contributed by atoms with Gasteiger partial charge in [-0.05, 0) is 156 Å². The maximum absolute atomic E-state index is 15.5. The van der Waals surface area contributed by atoms with Gasteiger partial charge in [-0.1, -0.05) is 43.0 Å². The number of rotatable bonds is 21. The molecule has 8 aromatic heterocycles. The maximum atomic E-state index is 15.5. The summed E-state index contributed by atoms with van der Waals surface area (Å²) in [5, 5.41) is 35.6. The number of allylic oxidation sites excluding steroid dienone is 1. The van der Waals surface area contributed by atoms with Crippen molar-refractivity contribution >= 4 is 68.7 Å². The highest BCUT2D eigenvalue weighted by atomic mass is 19.2. The predicted octanol–water partition coefficient (Wildman–Crippen LogP) is 19.2. The number of benzene rings is 7. The normalized spacial score (nSPS) is 10.9. The van der Waals surface area contributed by atoms with Crippen molar-refractivity contribution in [2.24, 2.45) is 7.05 Å². The lowest BCUT2D eigenvalue weighted by Gasteiger charge is -2.18. The van der Waals surface area contributed by atoms with E-state index in [1.807, 2.05) is 19.1 Å². The number of methoxy groups -OCH3 is 2. The Morgan fingerprint density at radius 2 is 0.992 bits per heavy atom. The molecule has 27 nitrogen and oxygen atoms in total. The summed E-state index contributed by atoms with van der Waals surface area (Å²) in [4.78, 5) is 96.5. The summed E-state index contributed by atoms with van der Waals surface area (Å²) in [5.74, 6) is -8.20. The Balaban J connectivity index is 0.000000167. The van der Waals surface area contributed by atoms with Gasteiger partial charge in [0.05, 0.1) is 54.6 Å². The van der Waals surface area contributed by atoms with Gasteiger partial charge in [0.1, 0.15) is 104 Å². The number of nitrogen functional groups attached to an aromatic ring is 2. The van der Waals surface area contributed by atoms with Crippen LogP contribution < -0.4 is 58.0 Å². The fraction of sp³-hybridized carbons (Fsp3) is 0.125. The van der Waals surface area contributed by atoms with Crippen LogP contribution in [0.2, 0.25) is 0 Å². The number of nitriles is 2. The number of pyridine rings is 6. The fourth-order valence-corrected chi connectivity index (χ4v) is 14.0. The zero-order chi connectivity index (χ0) is 94.2. The molecule has 3 amide bonds. The fourth-order valence-electron chi connectivity index (χ4n) is 14.0. The van der Waals surface area contributed by atoms with Crippen LogP contribution in [-0.2, 0) is 13.6 Å². The quantitative estimate of drug-likeness (QED) is 0.0329. The molecule has 0 aliphatic heterocycles.